The molecular weight excluding hydrogens is 551 g/mol. The molecule has 0 spiro atoms. The van der Waals surface area contributed by atoms with E-state index in [1.165, 1.54) is 51.4 Å². The van der Waals surface area contributed by atoms with E-state index in [1.807, 2.05) is 42.5 Å². The third kappa shape index (κ3) is 18.8. The second kappa shape index (κ2) is 22.1. The monoisotopic (exact) mass is 602 g/mol. The van der Waals surface area contributed by atoms with Crippen LogP contribution in [0.1, 0.15) is 108 Å². The van der Waals surface area contributed by atoms with Gasteiger partial charge in [-0.2, -0.15) is 0 Å². The average Bonchev–Trinajstić information content (AvgIpc) is 2.97. The number of ether oxygens (including phenoxy) is 1. The van der Waals surface area contributed by atoms with Crippen molar-refractivity contribution in [1.29, 1.82) is 0 Å². The zero-order valence-electron chi connectivity index (χ0n) is 25.3. The molecule has 0 saturated carbocycles. The molecule has 1 heterocycles. The predicted molar refractivity (Wildman–Crippen MR) is 168 cm³/mol. The van der Waals surface area contributed by atoms with Gasteiger partial charge in [0.05, 0.1) is 18.3 Å². The van der Waals surface area contributed by atoms with Crippen molar-refractivity contribution in [2.45, 2.75) is 116 Å². The Morgan fingerprint density at radius 1 is 0.905 bits per heavy atom. The van der Waals surface area contributed by atoms with Gasteiger partial charge >= 0.3 is 7.82 Å². The third-order valence-corrected chi connectivity index (χ3v) is 7.48. The number of benzene rings is 1. The van der Waals surface area contributed by atoms with E-state index in [1.54, 1.807) is 6.20 Å². The van der Waals surface area contributed by atoms with Crippen molar-refractivity contribution < 1.29 is 28.4 Å². The molecule has 9 heteroatoms. The quantitative estimate of drug-likeness (QED) is 0.0636. The summed E-state index contributed by atoms with van der Waals surface area (Å²) in [7, 11) is -4.65. The van der Waals surface area contributed by atoms with Gasteiger partial charge in [-0.05, 0) is 68.4 Å². The molecule has 2 aromatic rings. The summed E-state index contributed by atoms with van der Waals surface area (Å²) in [4.78, 5) is 35.1. The number of aromatic nitrogens is 1. The summed E-state index contributed by atoms with van der Waals surface area (Å²) in [6.07, 6.45) is 22.6. The van der Waals surface area contributed by atoms with E-state index in [4.69, 9.17) is 19.0 Å². The van der Waals surface area contributed by atoms with Crippen molar-refractivity contribution in [2.75, 3.05) is 6.61 Å². The second-order valence-electron chi connectivity index (χ2n) is 10.8. The van der Waals surface area contributed by atoms with Crippen LogP contribution in [0, 0.1) is 0 Å². The van der Waals surface area contributed by atoms with Crippen LogP contribution in [0.15, 0.2) is 60.8 Å². The first-order valence-corrected chi connectivity index (χ1v) is 17.1. The molecule has 0 aliphatic heterocycles. The fourth-order valence-electron chi connectivity index (χ4n) is 4.64. The van der Waals surface area contributed by atoms with Crippen molar-refractivity contribution in [3.05, 3.63) is 72.1 Å². The van der Waals surface area contributed by atoms with Crippen LogP contribution in [0.2, 0.25) is 0 Å². The first-order valence-electron chi connectivity index (χ1n) is 15.6. The van der Waals surface area contributed by atoms with Crippen molar-refractivity contribution in [3.8, 4) is 5.75 Å². The van der Waals surface area contributed by atoms with Gasteiger partial charge in [0.25, 0.3) is 0 Å². The van der Waals surface area contributed by atoms with E-state index in [-0.39, 0.29) is 12.5 Å². The largest absolute Gasteiger partial charge is 0.487 e. The number of amides is 1. The minimum Gasteiger partial charge on any atom is -0.487 e. The van der Waals surface area contributed by atoms with E-state index >= 15 is 0 Å². The number of nitrogens with one attached hydrogen (secondary N) is 1. The van der Waals surface area contributed by atoms with E-state index in [9.17, 15) is 9.36 Å². The molecular formula is C33H51N2O6P. The highest BCUT2D eigenvalue weighted by atomic mass is 31.2. The van der Waals surface area contributed by atoms with Crippen LogP contribution in [0.5, 0.6) is 5.75 Å². The summed E-state index contributed by atoms with van der Waals surface area (Å²) in [5, 5.41) is 2.89. The van der Waals surface area contributed by atoms with Gasteiger partial charge in [-0.15, -0.1) is 0 Å². The lowest BCUT2D eigenvalue weighted by molar-refractivity contribution is -0.122. The van der Waals surface area contributed by atoms with Gasteiger partial charge in [0, 0.05) is 12.6 Å². The molecule has 3 N–H and O–H groups in total. The summed E-state index contributed by atoms with van der Waals surface area (Å²) < 4.78 is 21.8. The lowest BCUT2D eigenvalue weighted by atomic mass is 10.1. The Labute approximate surface area is 252 Å². The lowest BCUT2D eigenvalue weighted by Gasteiger charge is -2.19. The molecule has 1 amide bonds. The summed E-state index contributed by atoms with van der Waals surface area (Å²) in [5.74, 6) is 0.544. The number of allylic oxidation sites excluding steroid dienone is 2. The maximum absolute atomic E-state index is 12.6. The van der Waals surface area contributed by atoms with E-state index < -0.39 is 13.9 Å². The van der Waals surface area contributed by atoms with E-state index in [2.05, 4.69) is 29.4 Å². The van der Waals surface area contributed by atoms with Crippen LogP contribution in [0.25, 0.3) is 0 Å². The number of hydrogen-bond acceptors (Lipinski definition) is 5. The SMILES string of the molecule is CCCCCCCC/C=C\CCCCCCCC(=O)N[C@H](COP(=O)(O)O)Cc1ccc(OCc2ccccn2)cc1. The number of unbranched alkanes of at least 4 members (excludes halogenated alkanes) is 11. The minimum atomic E-state index is -4.65. The number of nitrogens with zero attached hydrogens (tertiary/aromatic N) is 1. The lowest BCUT2D eigenvalue weighted by Crippen LogP contribution is -2.39. The minimum absolute atomic E-state index is 0.137. The standard InChI is InChI=1S/C33H51N2O6P/c1-2-3-4-5-6-7-8-9-10-11-12-13-14-15-16-20-33(36)35-31(28-41-42(37,38)39)26-29-21-23-32(24-22-29)40-27-30-19-17-18-25-34-30/h9-10,17-19,21-25,31H,2-8,11-16,20,26-28H2,1H3,(H,35,36)(H2,37,38,39)/b10-9-/t31-/m0/s1. The molecule has 0 radical (unpaired) electrons. The Balaban J connectivity index is 1.63. The Bertz CT molecular complexity index is 1040. The van der Waals surface area contributed by atoms with Crippen LogP contribution in [-0.2, 0) is 26.9 Å². The van der Waals surface area contributed by atoms with Crippen molar-refractivity contribution in [2.24, 2.45) is 0 Å². The van der Waals surface area contributed by atoms with E-state index in [0.29, 0.717) is 25.2 Å². The molecule has 42 heavy (non-hydrogen) atoms. The molecule has 0 bridgehead atoms. The zero-order chi connectivity index (χ0) is 30.3. The summed E-state index contributed by atoms with van der Waals surface area (Å²) >= 11 is 0. The highest BCUT2D eigenvalue weighted by Crippen LogP contribution is 2.35. The molecule has 1 aromatic carbocycles. The van der Waals surface area contributed by atoms with E-state index in [0.717, 1.165) is 43.4 Å². The van der Waals surface area contributed by atoms with Gasteiger partial charge in [-0.25, -0.2) is 4.57 Å². The number of rotatable bonds is 24. The van der Waals surface area contributed by atoms with Gasteiger partial charge in [0.15, 0.2) is 0 Å². The van der Waals surface area contributed by atoms with Crippen molar-refractivity contribution in [1.82, 2.24) is 10.3 Å². The van der Waals surface area contributed by atoms with Crippen molar-refractivity contribution >= 4 is 13.7 Å². The average molecular weight is 603 g/mol. The fraction of sp³-hybridized carbons (Fsp3) is 0.576. The van der Waals surface area contributed by atoms with Gasteiger partial charge in [-0.1, -0.05) is 88.6 Å². The first kappa shape index (κ1) is 35.7. The number of hydrogen-bond donors (Lipinski definition) is 3. The maximum atomic E-state index is 12.6. The van der Waals surface area contributed by atoms with Crippen LogP contribution in [-0.4, -0.2) is 33.3 Å². The molecule has 0 saturated heterocycles. The van der Waals surface area contributed by atoms with Crippen LogP contribution < -0.4 is 10.1 Å². The zero-order valence-corrected chi connectivity index (χ0v) is 26.2. The van der Waals surface area contributed by atoms with Gasteiger partial charge in [-0.3, -0.25) is 14.3 Å². The molecule has 2 rings (SSSR count). The van der Waals surface area contributed by atoms with Crippen LogP contribution >= 0.6 is 7.82 Å². The summed E-state index contributed by atoms with van der Waals surface area (Å²) in [6.45, 7) is 2.32. The maximum Gasteiger partial charge on any atom is 0.469 e. The molecule has 0 fully saturated rings. The van der Waals surface area contributed by atoms with Gasteiger partial charge < -0.3 is 19.8 Å². The van der Waals surface area contributed by atoms with Crippen LogP contribution in [0.4, 0.5) is 0 Å². The Morgan fingerprint density at radius 2 is 1.55 bits per heavy atom. The van der Waals surface area contributed by atoms with Gasteiger partial charge in [0.1, 0.15) is 12.4 Å². The topological polar surface area (TPSA) is 118 Å². The highest BCUT2D eigenvalue weighted by Gasteiger charge is 2.20. The summed E-state index contributed by atoms with van der Waals surface area (Å²) in [5.41, 5.74) is 1.71. The van der Waals surface area contributed by atoms with Crippen LogP contribution in [0.3, 0.4) is 0 Å². The molecule has 234 valence electrons. The number of phosphoric acid groups is 1. The molecule has 0 aliphatic carbocycles. The highest BCUT2D eigenvalue weighted by molar-refractivity contribution is 7.46. The van der Waals surface area contributed by atoms with Gasteiger partial charge in [0.2, 0.25) is 5.91 Å². The third-order valence-electron chi connectivity index (χ3n) is 6.99. The van der Waals surface area contributed by atoms with Crippen molar-refractivity contribution in [3.63, 3.8) is 0 Å². The predicted octanol–water partition coefficient (Wildman–Crippen LogP) is 7.83. The number of pyridine rings is 1. The number of phosphoric ester groups is 1. The fourth-order valence-corrected chi connectivity index (χ4v) is 5.02. The second-order valence-corrected chi connectivity index (χ2v) is 12.1. The smallest absolute Gasteiger partial charge is 0.469 e. The molecule has 8 nitrogen and oxygen atoms in total. The molecule has 0 unspecified atom stereocenters. The Morgan fingerprint density at radius 3 is 2.17 bits per heavy atom. The normalized spacial score (nSPS) is 12.5. The first-order chi connectivity index (χ1) is 20.4. The Hall–Kier alpha value is -2.51. The molecule has 1 atom stereocenters. The molecule has 0 aliphatic rings. The Kier molecular flexibility index (Phi) is 18.8. The molecule has 1 aromatic heterocycles. The number of carbonyl (C=O) groups is 1. The number of carbonyl (C=O) groups excluding carboxylic acids is 1. The summed E-state index contributed by atoms with van der Waals surface area (Å²) in [6, 6.07) is 12.5.